The van der Waals surface area contributed by atoms with Crippen LogP contribution >= 0.6 is 11.8 Å². The summed E-state index contributed by atoms with van der Waals surface area (Å²) in [7, 11) is 0. The fourth-order valence-electron chi connectivity index (χ4n) is 1.47. The maximum absolute atomic E-state index is 10.7. The number of carbonyl (C=O) groups excluding carboxylic acids is 1. The van der Waals surface area contributed by atoms with Crippen molar-refractivity contribution < 1.29 is 4.79 Å². The molecule has 1 aliphatic rings. The summed E-state index contributed by atoms with van der Waals surface area (Å²) in [6.07, 6.45) is 2.98. The second-order valence-electron chi connectivity index (χ2n) is 2.95. The van der Waals surface area contributed by atoms with Gasteiger partial charge >= 0.3 is 0 Å². The zero-order chi connectivity index (χ0) is 9.10. The van der Waals surface area contributed by atoms with E-state index in [9.17, 15) is 4.79 Å². The van der Waals surface area contributed by atoms with E-state index in [2.05, 4.69) is 12.1 Å². The second kappa shape index (κ2) is 3.79. The van der Waals surface area contributed by atoms with E-state index < -0.39 is 0 Å². The van der Waals surface area contributed by atoms with Crippen LogP contribution in [0.15, 0.2) is 42.0 Å². The quantitative estimate of drug-likeness (QED) is 0.667. The highest BCUT2D eigenvalue weighted by molar-refractivity contribution is 8.00. The highest BCUT2D eigenvalue weighted by Crippen LogP contribution is 2.39. The van der Waals surface area contributed by atoms with E-state index in [1.54, 1.807) is 11.8 Å². The van der Waals surface area contributed by atoms with Crippen molar-refractivity contribution in [3.8, 4) is 0 Å². The Morgan fingerprint density at radius 1 is 1.31 bits per heavy atom. The van der Waals surface area contributed by atoms with Crippen LogP contribution < -0.4 is 0 Å². The third-order valence-electron chi connectivity index (χ3n) is 2.12. The number of hydrogen-bond donors (Lipinski definition) is 0. The number of carbonyl (C=O) groups is 1. The maximum Gasteiger partial charge on any atom is 0.147 e. The van der Waals surface area contributed by atoms with Gasteiger partial charge < -0.3 is 0 Å². The van der Waals surface area contributed by atoms with E-state index in [4.69, 9.17) is 0 Å². The Hall–Kier alpha value is -1.02. The molecule has 0 aliphatic carbocycles. The minimum Gasteiger partial charge on any atom is -0.298 e. The van der Waals surface area contributed by atoms with Gasteiger partial charge in [0.05, 0.1) is 5.25 Å². The fraction of sp³-hybridized carbons (Fsp3) is 0.182. The van der Waals surface area contributed by atoms with Crippen molar-refractivity contribution in [3.05, 3.63) is 47.5 Å². The van der Waals surface area contributed by atoms with E-state index in [-0.39, 0.29) is 5.25 Å². The molecule has 0 saturated carbocycles. The Morgan fingerprint density at radius 3 is 2.77 bits per heavy atom. The van der Waals surface area contributed by atoms with Gasteiger partial charge in [0.25, 0.3) is 0 Å². The van der Waals surface area contributed by atoms with E-state index in [0.29, 0.717) is 0 Å². The summed E-state index contributed by atoms with van der Waals surface area (Å²) in [6.45, 7) is 0. The Morgan fingerprint density at radius 2 is 2.08 bits per heavy atom. The van der Waals surface area contributed by atoms with Crippen LogP contribution in [-0.2, 0) is 4.79 Å². The van der Waals surface area contributed by atoms with Crippen LogP contribution in [0.2, 0.25) is 0 Å². The number of thioether (sulfide) groups is 1. The van der Waals surface area contributed by atoms with Gasteiger partial charge in [-0.15, -0.1) is 11.8 Å². The molecular weight excluding hydrogens is 180 g/mol. The van der Waals surface area contributed by atoms with E-state index in [1.807, 2.05) is 24.3 Å². The molecular formula is C11H10OS. The first-order valence-corrected chi connectivity index (χ1v) is 5.28. The first kappa shape index (κ1) is 8.57. The molecule has 0 aromatic heterocycles. The maximum atomic E-state index is 10.7. The molecule has 2 rings (SSSR count). The predicted octanol–water partition coefficient (Wildman–Crippen LogP) is 2.60. The first-order valence-electron chi connectivity index (χ1n) is 4.23. The SMILES string of the molecule is O=CC1=CCSC1c1ccccc1. The van der Waals surface area contributed by atoms with Crippen LogP contribution in [0.1, 0.15) is 10.8 Å². The van der Waals surface area contributed by atoms with Crippen LogP contribution in [0.3, 0.4) is 0 Å². The van der Waals surface area contributed by atoms with Gasteiger partial charge in [0.1, 0.15) is 6.29 Å². The van der Waals surface area contributed by atoms with Gasteiger partial charge in [0, 0.05) is 11.3 Å². The van der Waals surface area contributed by atoms with Crippen molar-refractivity contribution in [2.24, 2.45) is 0 Å². The summed E-state index contributed by atoms with van der Waals surface area (Å²) in [5.41, 5.74) is 2.14. The number of hydrogen-bond acceptors (Lipinski definition) is 2. The zero-order valence-electron chi connectivity index (χ0n) is 7.14. The average molecular weight is 190 g/mol. The number of aldehydes is 1. The van der Waals surface area contributed by atoms with Crippen molar-refractivity contribution in [1.29, 1.82) is 0 Å². The van der Waals surface area contributed by atoms with Crippen LogP contribution in [0, 0.1) is 0 Å². The molecule has 1 unspecified atom stereocenters. The number of benzene rings is 1. The molecule has 66 valence electrons. The minimum absolute atomic E-state index is 0.263. The lowest BCUT2D eigenvalue weighted by atomic mass is 10.1. The lowest BCUT2D eigenvalue weighted by Gasteiger charge is -2.09. The molecule has 0 saturated heterocycles. The Kier molecular flexibility index (Phi) is 2.50. The fourth-order valence-corrected chi connectivity index (χ4v) is 2.65. The molecule has 1 heterocycles. The standard InChI is InChI=1S/C11H10OS/c12-8-10-6-7-13-11(10)9-4-2-1-3-5-9/h1-6,8,11H,7H2. The lowest BCUT2D eigenvalue weighted by Crippen LogP contribution is -1.94. The summed E-state index contributed by atoms with van der Waals surface area (Å²) < 4.78 is 0. The molecule has 0 N–H and O–H groups in total. The van der Waals surface area contributed by atoms with Crippen molar-refractivity contribution >= 4 is 18.0 Å². The van der Waals surface area contributed by atoms with Gasteiger partial charge in [-0.25, -0.2) is 0 Å². The molecule has 0 radical (unpaired) electrons. The Balaban J connectivity index is 2.28. The third kappa shape index (κ3) is 1.68. The van der Waals surface area contributed by atoms with Crippen LogP contribution in [0.5, 0.6) is 0 Å². The average Bonchev–Trinajstić information content (AvgIpc) is 2.67. The minimum atomic E-state index is 0.263. The van der Waals surface area contributed by atoms with Gasteiger partial charge in [-0.05, 0) is 5.56 Å². The Labute approximate surface area is 81.8 Å². The number of rotatable bonds is 2. The zero-order valence-corrected chi connectivity index (χ0v) is 7.96. The molecule has 1 aromatic rings. The van der Waals surface area contributed by atoms with E-state index in [1.165, 1.54) is 5.56 Å². The second-order valence-corrected chi connectivity index (χ2v) is 4.08. The summed E-state index contributed by atoms with van der Waals surface area (Å²) in [6, 6.07) is 10.2. The molecule has 0 bridgehead atoms. The van der Waals surface area contributed by atoms with Crippen molar-refractivity contribution in [3.63, 3.8) is 0 Å². The van der Waals surface area contributed by atoms with Gasteiger partial charge in [0.2, 0.25) is 0 Å². The first-order chi connectivity index (χ1) is 6.42. The summed E-state index contributed by atoms with van der Waals surface area (Å²) in [4.78, 5) is 10.7. The van der Waals surface area contributed by atoms with Crippen molar-refractivity contribution in [2.75, 3.05) is 5.75 Å². The molecule has 2 heteroatoms. The van der Waals surface area contributed by atoms with Crippen LogP contribution in [-0.4, -0.2) is 12.0 Å². The largest absolute Gasteiger partial charge is 0.298 e. The molecule has 1 aromatic carbocycles. The predicted molar refractivity (Wildman–Crippen MR) is 55.8 cm³/mol. The van der Waals surface area contributed by atoms with E-state index >= 15 is 0 Å². The van der Waals surface area contributed by atoms with Gasteiger partial charge in [-0.1, -0.05) is 36.4 Å². The molecule has 1 atom stereocenters. The van der Waals surface area contributed by atoms with Crippen LogP contribution in [0.4, 0.5) is 0 Å². The van der Waals surface area contributed by atoms with Crippen molar-refractivity contribution in [1.82, 2.24) is 0 Å². The van der Waals surface area contributed by atoms with Crippen LogP contribution in [0.25, 0.3) is 0 Å². The molecule has 13 heavy (non-hydrogen) atoms. The summed E-state index contributed by atoms with van der Waals surface area (Å²) in [5.74, 6) is 0.952. The van der Waals surface area contributed by atoms with Crippen molar-refractivity contribution in [2.45, 2.75) is 5.25 Å². The summed E-state index contributed by atoms with van der Waals surface area (Å²) >= 11 is 1.80. The molecule has 0 amide bonds. The van der Waals surface area contributed by atoms with Gasteiger partial charge in [-0.2, -0.15) is 0 Å². The highest BCUT2D eigenvalue weighted by Gasteiger charge is 2.20. The third-order valence-corrected chi connectivity index (χ3v) is 3.36. The smallest absolute Gasteiger partial charge is 0.147 e. The molecule has 1 nitrogen and oxygen atoms in total. The van der Waals surface area contributed by atoms with Gasteiger partial charge in [-0.3, -0.25) is 4.79 Å². The molecule has 0 spiro atoms. The topological polar surface area (TPSA) is 17.1 Å². The monoisotopic (exact) mass is 190 g/mol. The van der Waals surface area contributed by atoms with E-state index in [0.717, 1.165) is 17.6 Å². The highest BCUT2D eigenvalue weighted by atomic mass is 32.2. The molecule has 0 fully saturated rings. The Bertz CT molecular complexity index is 329. The normalized spacial score (nSPS) is 21.2. The lowest BCUT2D eigenvalue weighted by molar-refractivity contribution is -0.105. The van der Waals surface area contributed by atoms with Gasteiger partial charge in [0.15, 0.2) is 0 Å². The molecule has 1 aliphatic heterocycles. The summed E-state index contributed by atoms with van der Waals surface area (Å²) in [5, 5.41) is 0.263.